The molecule has 1 unspecified atom stereocenters. The van der Waals surface area contributed by atoms with Crippen molar-refractivity contribution in [1.82, 2.24) is 10.6 Å². The second kappa shape index (κ2) is 12.7. The second-order valence-corrected chi connectivity index (χ2v) is 10.6. The van der Waals surface area contributed by atoms with Crippen molar-refractivity contribution in [2.24, 2.45) is 4.99 Å². The number of nitrogens with zero attached hydrogens (tertiary/aromatic N) is 1. The highest BCUT2D eigenvalue weighted by molar-refractivity contribution is 14.0. The van der Waals surface area contributed by atoms with E-state index < -0.39 is 9.84 Å². The van der Waals surface area contributed by atoms with Gasteiger partial charge in [0.05, 0.1) is 20.0 Å². The number of guanidine groups is 1. The summed E-state index contributed by atoms with van der Waals surface area (Å²) in [5.74, 6) is 2.34. The fraction of sp³-hybridized carbons (Fsp3) is 0.682. The average Bonchev–Trinajstić information content (AvgIpc) is 2.74. The highest BCUT2D eigenvalue weighted by atomic mass is 127. The maximum atomic E-state index is 11.4. The number of ether oxygens (including phenoxy) is 2. The van der Waals surface area contributed by atoms with Crippen LogP contribution in [0, 0.1) is 0 Å². The van der Waals surface area contributed by atoms with Crippen LogP contribution in [-0.2, 0) is 15.3 Å². The van der Waals surface area contributed by atoms with E-state index in [0.717, 1.165) is 30.9 Å². The van der Waals surface area contributed by atoms with Crippen LogP contribution in [0.25, 0.3) is 0 Å². The first-order valence-electron chi connectivity index (χ1n) is 10.6. The Bertz CT molecular complexity index is 824. The molecule has 0 radical (unpaired) electrons. The number of halogens is 1. The minimum atomic E-state index is -2.97. The van der Waals surface area contributed by atoms with E-state index in [4.69, 9.17) is 9.47 Å². The smallest absolute Gasteiger partial charge is 0.191 e. The third-order valence-corrected chi connectivity index (χ3v) is 6.91. The van der Waals surface area contributed by atoms with Crippen molar-refractivity contribution in [1.29, 1.82) is 0 Å². The molecule has 0 aliphatic heterocycles. The Kier molecular flexibility index (Phi) is 11.4. The van der Waals surface area contributed by atoms with Crippen LogP contribution < -0.4 is 20.1 Å². The summed E-state index contributed by atoms with van der Waals surface area (Å²) in [4.78, 5) is 4.34. The molecule has 31 heavy (non-hydrogen) atoms. The maximum absolute atomic E-state index is 11.4. The van der Waals surface area contributed by atoms with Gasteiger partial charge in [-0.3, -0.25) is 4.99 Å². The van der Waals surface area contributed by atoms with Gasteiger partial charge < -0.3 is 20.1 Å². The van der Waals surface area contributed by atoms with Gasteiger partial charge in [0.2, 0.25) is 0 Å². The molecule has 1 fully saturated rings. The Balaban J connectivity index is 0.00000480. The number of methoxy groups -OCH3 is 2. The molecule has 2 N–H and O–H groups in total. The van der Waals surface area contributed by atoms with Crippen molar-refractivity contribution in [3.05, 3.63) is 23.8 Å². The number of benzene rings is 1. The highest BCUT2D eigenvalue weighted by Crippen LogP contribution is 2.42. The van der Waals surface area contributed by atoms with Gasteiger partial charge in [0, 0.05) is 31.3 Å². The molecule has 1 saturated carbocycles. The van der Waals surface area contributed by atoms with Crippen LogP contribution in [0.4, 0.5) is 0 Å². The second-order valence-electron chi connectivity index (χ2n) is 8.30. The molecule has 1 aromatic rings. The minimum absolute atomic E-state index is 0. The van der Waals surface area contributed by atoms with Crippen LogP contribution in [0.2, 0.25) is 0 Å². The van der Waals surface area contributed by atoms with E-state index in [2.05, 4.69) is 27.8 Å². The summed E-state index contributed by atoms with van der Waals surface area (Å²) in [7, 11) is 2.08. The number of sulfone groups is 1. The lowest BCUT2D eigenvalue weighted by atomic mass is 9.69. The van der Waals surface area contributed by atoms with Gasteiger partial charge in [0.25, 0.3) is 0 Å². The summed E-state index contributed by atoms with van der Waals surface area (Å²) in [5, 5.41) is 6.81. The molecule has 9 heteroatoms. The van der Waals surface area contributed by atoms with E-state index in [9.17, 15) is 8.42 Å². The Hall–Kier alpha value is -1.23. The molecule has 0 aromatic heterocycles. The van der Waals surface area contributed by atoms with Crippen molar-refractivity contribution in [3.63, 3.8) is 0 Å². The summed E-state index contributed by atoms with van der Waals surface area (Å²) in [6.07, 6.45) is 7.62. The molecule has 0 spiro atoms. The summed E-state index contributed by atoms with van der Waals surface area (Å²) in [5.41, 5.74) is 1.23. The van der Waals surface area contributed by atoms with Crippen LogP contribution in [0.5, 0.6) is 11.5 Å². The first kappa shape index (κ1) is 27.8. The standard InChI is InChI=1S/C22H37N3O4S.HI/c1-17(11-14-30(5,26)27)25-21(23-2)24-16-22(12-7-6-8-13-22)18-9-10-19(28-3)20(15-18)29-4;/h9-10,15,17H,6-8,11-14,16H2,1-5H3,(H2,23,24,25);1H. The van der Waals surface area contributed by atoms with E-state index in [1.807, 2.05) is 13.0 Å². The van der Waals surface area contributed by atoms with Gasteiger partial charge in [0.15, 0.2) is 17.5 Å². The number of nitrogens with one attached hydrogen (secondary N) is 2. The van der Waals surface area contributed by atoms with E-state index in [1.165, 1.54) is 31.1 Å². The zero-order valence-corrected chi connectivity index (χ0v) is 22.5. The van der Waals surface area contributed by atoms with Gasteiger partial charge in [-0.05, 0) is 43.9 Å². The van der Waals surface area contributed by atoms with Gasteiger partial charge in [-0.1, -0.05) is 25.3 Å². The molecule has 178 valence electrons. The van der Waals surface area contributed by atoms with Crippen LogP contribution >= 0.6 is 24.0 Å². The van der Waals surface area contributed by atoms with E-state index in [1.54, 1.807) is 21.3 Å². The minimum Gasteiger partial charge on any atom is -0.493 e. The summed E-state index contributed by atoms with van der Waals surface area (Å²) in [6.45, 7) is 2.73. The Morgan fingerprint density at radius 1 is 1.16 bits per heavy atom. The quantitative estimate of drug-likeness (QED) is 0.270. The lowest BCUT2D eigenvalue weighted by molar-refractivity contribution is 0.288. The predicted octanol–water partition coefficient (Wildman–Crippen LogP) is 3.51. The summed E-state index contributed by atoms with van der Waals surface area (Å²) >= 11 is 0. The predicted molar refractivity (Wildman–Crippen MR) is 138 cm³/mol. The van der Waals surface area contributed by atoms with Crippen molar-refractivity contribution >= 4 is 39.8 Å². The molecular formula is C22H38IN3O4S. The number of hydrogen-bond donors (Lipinski definition) is 2. The average molecular weight is 568 g/mol. The Labute approximate surface area is 204 Å². The number of hydrogen-bond acceptors (Lipinski definition) is 5. The zero-order chi connectivity index (χ0) is 22.2. The number of rotatable bonds is 9. The molecule has 0 heterocycles. The van der Waals surface area contributed by atoms with Crippen LogP contribution in [-0.4, -0.2) is 60.2 Å². The molecule has 1 aliphatic rings. The third-order valence-electron chi connectivity index (χ3n) is 5.93. The van der Waals surface area contributed by atoms with E-state index >= 15 is 0 Å². The molecular weight excluding hydrogens is 529 g/mol. The van der Waals surface area contributed by atoms with E-state index in [0.29, 0.717) is 12.4 Å². The largest absolute Gasteiger partial charge is 0.493 e. The first-order valence-corrected chi connectivity index (χ1v) is 12.7. The van der Waals surface area contributed by atoms with Gasteiger partial charge in [0.1, 0.15) is 9.84 Å². The lowest BCUT2D eigenvalue weighted by Gasteiger charge is -2.39. The van der Waals surface area contributed by atoms with Gasteiger partial charge in [-0.25, -0.2) is 8.42 Å². The molecule has 2 rings (SSSR count). The Morgan fingerprint density at radius 3 is 2.35 bits per heavy atom. The monoisotopic (exact) mass is 567 g/mol. The molecule has 0 bridgehead atoms. The van der Waals surface area contributed by atoms with Crippen LogP contribution in [0.15, 0.2) is 23.2 Å². The topological polar surface area (TPSA) is 89.0 Å². The van der Waals surface area contributed by atoms with Gasteiger partial charge in [-0.2, -0.15) is 0 Å². The van der Waals surface area contributed by atoms with Crippen molar-refractivity contribution < 1.29 is 17.9 Å². The molecule has 7 nitrogen and oxygen atoms in total. The Morgan fingerprint density at radius 2 is 1.81 bits per heavy atom. The normalized spacial score (nSPS) is 17.3. The maximum Gasteiger partial charge on any atom is 0.191 e. The van der Waals surface area contributed by atoms with Crippen molar-refractivity contribution in [2.75, 3.05) is 39.8 Å². The summed E-state index contributed by atoms with van der Waals surface area (Å²) in [6, 6.07) is 6.22. The lowest BCUT2D eigenvalue weighted by Crippen LogP contribution is -2.48. The molecule has 0 amide bonds. The first-order chi connectivity index (χ1) is 14.2. The highest BCUT2D eigenvalue weighted by Gasteiger charge is 2.35. The van der Waals surface area contributed by atoms with Crippen molar-refractivity contribution in [3.8, 4) is 11.5 Å². The SMILES string of the molecule is CN=C(NCC1(c2ccc(OC)c(OC)c2)CCCCC1)NC(C)CCS(C)(=O)=O.I. The number of aliphatic imine (C=N–C) groups is 1. The molecule has 0 saturated heterocycles. The van der Waals surface area contributed by atoms with Gasteiger partial charge >= 0.3 is 0 Å². The molecule has 1 atom stereocenters. The van der Waals surface area contributed by atoms with E-state index in [-0.39, 0.29) is 41.2 Å². The third kappa shape index (κ3) is 8.32. The van der Waals surface area contributed by atoms with Crippen LogP contribution in [0.1, 0.15) is 51.0 Å². The fourth-order valence-corrected chi connectivity index (χ4v) is 4.89. The molecule has 1 aliphatic carbocycles. The summed E-state index contributed by atoms with van der Waals surface area (Å²) < 4.78 is 33.8. The van der Waals surface area contributed by atoms with Crippen LogP contribution in [0.3, 0.4) is 0 Å². The van der Waals surface area contributed by atoms with Crippen molar-refractivity contribution in [2.45, 2.75) is 56.9 Å². The fourth-order valence-electron chi connectivity index (χ4n) is 4.11. The zero-order valence-electron chi connectivity index (χ0n) is 19.4. The molecule has 1 aromatic carbocycles. The van der Waals surface area contributed by atoms with Gasteiger partial charge in [-0.15, -0.1) is 24.0 Å².